The zero-order chi connectivity index (χ0) is 12.7. The standard InChI is InChI=1S/C4H9F3NO4PS2/c1-3(2,5)14(9,10)8-15(11,12)4(6,7)13/h8H,13H2,1-2H3. The van der Waals surface area contributed by atoms with Gasteiger partial charge in [0.15, 0.2) is 0 Å². The van der Waals surface area contributed by atoms with Crippen molar-refractivity contribution in [1.29, 1.82) is 0 Å². The molecule has 0 radical (unpaired) electrons. The van der Waals surface area contributed by atoms with Crippen LogP contribution in [0.25, 0.3) is 0 Å². The van der Waals surface area contributed by atoms with Crippen molar-refractivity contribution in [3.05, 3.63) is 0 Å². The van der Waals surface area contributed by atoms with E-state index in [0.717, 1.165) is 0 Å². The van der Waals surface area contributed by atoms with E-state index >= 15 is 0 Å². The molecule has 0 aromatic heterocycles. The Balaban J connectivity index is 5.28. The molecule has 0 saturated heterocycles. The molecule has 1 unspecified atom stereocenters. The fraction of sp³-hybridized carbons (Fsp3) is 1.00. The highest BCUT2D eigenvalue weighted by Crippen LogP contribution is 2.29. The highest BCUT2D eigenvalue weighted by atomic mass is 32.3. The minimum absolute atomic E-state index is 0.520. The maximum absolute atomic E-state index is 12.9. The molecular weight excluding hydrogens is 278 g/mol. The molecule has 0 heterocycles. The lowest BCUT2D eigenvalue weighted by Gasteiger charge is -2.18. The van der Waals surface area contributed by atoms with E-state index in [2.05, 4.69) is 0 Å². The lowest BCUT2D eigenvalue weighted by atomic mass is 10.5. The summed E-state index contributed by atoms with van der Waals surface area (Å²) in [5.74, 6) is 0. The van der Waals surface area contributed by atoms with E-state index in [9.17, 15) is 30.0 Å². The summed E-state index contributed by atoms with van der Waals surface area (Å²) in [6.45, 7) is 1.04. The Morgan fingerprint density at radius 2 is 1.33 bits per heavy atom. The van der Waals surface area contributed by atoms with Crippen LogP contribution in [0.3, 0.4) is 0 Å². The van der Waals surface area contributed by atoms with Crippen molar-refractivity contribution in [3.63, 3.8) is 0 Å². The van der Waals surface area contributed by atoms with Gasteiger partial charge in [0.05, 0.1) is 0 Å². The van der Waals surface area contributed by atoms with Gasteiger partial charge in [0, 0.05) is 0 Å². The molecule has 0 aliphatic carbocycles. The third-order valence-corrected chi connectivity index (χ3v) is 5.90. The van der Waals surface area contributed by atoms with Crippen molar-refractivity contribution < 1.29 is 30.0 Å². The van der Waals surface area contributed by atoms with Gasteiger partial charge < -0.3 is 0 Å². The van der Waals surface area contributed by atoms with E-state index in [1.165, 1.54) is 0 Å². The first-order valence-electron chi connectivity index (χ1n) is 3.34. The van der Waals surface area contributed by atoms with Crippen molar-refractivity contribution in [2.24, 2.45) is 0 Å². The van der Waals surface area contributed by atoms with Gasteiger partial charge in [-0.25, -0.2) is 21.2 Å². The molecule has 0 saturated carbocycles. The van der Waals surface area contributed by atoms with Crippen LogP contribution in [-0.4, -0.2) is 26.8 Å². The van der Waals surface area contributed by atoms with Gasteiger partial charge in [-0.1, -0.05) is 0 Å². The predicted molar refractivity (Wildman–Crippen MR) is 50.8 cm³/mol. The second-order valence-corrected chi connectivity index (χ2v) is 8.35. The third kappa shape index (κ3) is 3.54. The molecule has 11 heteroatoms. The van der Waals surface area contributed by atoms with Crippen LogP contribution >= 0.6 is 9.24 Å². The number of nitrogens with one attached hydrogen (secondary N) is 1. The molecule has 0 bridgehead atoms. The maximum Gasteiger partial charge on any atom is 0.369 e. The molecule has 0 aromatic carbocycles. The number of hydrogen-bond acceptors (Lipinski definition) is 4. The Hall–Kier alpha value is 0.0800. The highest BCUT2D eigenvalue weighted by molar-refractivity contribution is 8.07. The van der Waals surface area contributed by atoms with Gasteiger partial charge in [-0.3, -0.25) is 0 Å². The van der Waals surface area contributed by atoms with Crippen molar-refractivity contribution >= 4 is 29.3 Å². The van der Waals surface area contributed by atoms with Crippen LogP contribution in [0.1, 0.15) is 13.8 Å². The largest absolute Gasteiger partial charge is 0.369 e. The Morgan fingerprint density at radius 1 is 1.00 bits per heavy atom. The number of hydrogen-bond donors (Lipinski definition) is 1. The summed E-state index contributed by atoms with van der Waals surface area (Å²) < 4.78 is 81.4. The van der Waals surface area contributed by atoms with Gasteiger partial charge in [0.2, 0.25) is 5.00 Å². The van der Waals surface area contributed by atoms with Crippen LogP contribution in [-0.2, 0) is 20.0 Å². The van der Waals surface area contributed by atoms with Crippen LogP contribution in [0.15, 0.2) is 0 Å². The maximum atomic E-state index is 12.9. The Labute approximate surface area is 87.7 Å². The molecule has 0 aliphatic rings. The summed E-state index contributed by atoms with van der Waals surface area (Å²) in [4.78, 5) is -4.40. The second-order valence-electron chi connectivity index (χ2n) is 3.02. The van der Waals surface area contributed by atoms with Crippen LogP contribution in [0.2, 0.25) is 0 Å². The Bertz CT molecular complexity index is 389. The zero-order valence-electron chi connectivity index (χ0n) is 7.66. The minimum Gasteiger partial charge on any atom is -0.225 e. The van der Waals surface area contributed by atoms with Crippen molar-refractivity contribution in [2.75, 3.05) is 0 Å². The summed E-state index contributed by atoms with van der Waals surface area (Å²) in [7, 11) is -9.89. The molecule has 0 aromatic rings. The van der Waals surface area contributed by atoms with E-state index in [1.807, 2.05) is 0 Å². The van der Waals surface area contributed by atoms with Crippen LogP contribution < -0.4 is 4.13 Å². The second kappa shape index (κ2) is 3.83. The first-order chi connectivity index (χ1) is 6.21. The molecule has 1 atom stereocenters. The van der Waals surface area contributed by atoms with Crippen LogP contribution in [0.4, 0.5) is 13.2 Å². The van der Waals surface area contributed by atoms with E-state index in [-0.39, 0.29) is 0 Å². The number of alkyl halides is 3. The predicted octanol–water partition coefficient (Wildman–Crippen LogP) is 0.367. The third-order valence-electron chi connectivity index (χ3n) is 1.22. The smallest absolute Gasteiger partial charge is 0.225 e. The molecule has 0 rings (SSSR count). The van der Waals surface area contributed by atoms with Crippen molar-refractivity contribution in [3.8, 4) is 0 Å². The van der Waals surface area contributed by atoms with Gasteiger partial charge in [-0.05, 0) is 23.1 Å². The number of rotatable bonds is 4. The fourth-order valence-corrected chi connectivity index (χ4v) is 3.12. The SMILES string of the molecule is CC(C)(F)S(=O)(=O)NS(=O)(=O)C(F)(F)P. The zero-order valence-corrected chi connectivity index (χ0v) is 10.4. The molecule has 5 nitrogen and oxygen atoms in total. The highest BCUT2D eigenvalue weighted by Gasteiger charge is 2.46. The van der Waals surface area contributed by atoms with Gasteiger partial charge >= 0.3 is 5.00 Å². The number of sulfonamides is 2. The summed E-state index contributed by atoms with van der Waals surface area (Å²) in [5, 5.41) is -2.99. The van der Waals surface area contributed by atoms with Crippen molar-refractivity contribution in [1.82, 2.24) is 4.13 Å². The minimum atomic E-state index is -5.49. The summed E-state index contributed by atoms with van der Waals surface area (Å²) in [6, 6.07) is 0. The van der Waals surface area contributed by atoms with Crippen molar-refractivity contribution in [2.45, 2.75) is 23.8 Å². The van der Waals surface area contributed by atoms with E-state index in [0.29, 0.717) is 27.2 Å². The van der Waals surface area contributed by atoms with E-state index in [4.69, 9.17) is 0 Å². The van der Waals surface area contributed by atoms with Gasteiger partial charge in [0.1, 0.15) is 0 Å². The monoisotopic (exact) mass is 287 g/mol. The van der Waals surface area contributed by atoms with Gasteiger partial charge in [-0.2, -0.15) is 8.78 Å². The topological polar surface area (TPSA) is 80.3 Å². The molecular formula is C4H9F3NO4PS2. The molecule has 15 heavy (non-hydrogen) atoms. The lowest BCUT2D eigenvalue weighted by molar-refractivity contribution is 0.193. The molecule has 92 valence electrons. The van der Waals surface area contributed by atoms with E-state index in [1.54, 1.807) is 0 Å². The van der Waals surface area contributed by atoms with E-state index < -0.39 is 30.0 Å². The first-order valence-corrected chi connectivity index (χ1v) is 6.88. The number of halogens is 3. The average Bonchev–Trinajstić information content (AvgIpc) is 1.77. The van der Waals surface area contributed by atoms with Gasteiger partial charge in [-0.15, -0.1) is 4.13 Å². The quantitative estimate of drug-likeness (QED) is 0.757. The summed E-state index contributed by atoms with van der Waals surface area (Å²) in [5.41, 5.74) is 0. The Morgan fingerprint density at radius 3 is 1.53 bits per heavy atom. The summed E-state index contributed by atoms with van der Waals surface area (Å²) >= 11 is 0. The molecule has 0 spiro atoms. The fourth-order valence-electron chi connectivity index (χ4n) is 0.299. The van der Waals surface area contributed by atoms with Gasteiger partial charge in [0.25, 0.3) is 20.0 Å². The average molecular weight is 287 g/mol. The summed E-state index contributed by atoms with van der Waals surface area (Å²) in [6.07, 6.45) is 0. The first kappa shape index (κ1) is 15.1. The molecule has 1 N–H and O–H groups in total. The lowest BCUT2D eigenvalue weighted by Crippen LogP contribution is -2.46. The van der Waals surface area contributed by atoms with Crippen LogP contribution in [0.5, 0.6) is 0 Å². The van der Waals surface area contributed by atoms with Crippen LogP contribution in [0, 0.1) is 0 Å². The normalized spacial score (nSPS) is 15.3. The molecule has 0 amide bonds. The molecule has 0 fully saturated rings. The Kier molecular flexibility index (Phi) is 3.85. The molecule has 0 aliphatic heterocycles.